The van der Waals surface area contributed by atoms with Crippen LogP contribution in [0, 0.1) is 12.8 Å². The zero-order chi connectivity index (χ0) is 19.5. The first kappa shape index (κ1) is 18.7. The van der Waals surface area contributed by atoms with E-state index in [1.54, 1.807) is 12.3 Å². The number of hydrogen-bond donors (Lipinski definition) is 0. The molecule has 28 heavy (non-hydrogen) atoms. The highest BCUT2D eigenvalue weighted by Gasteiger charge is 2.24. The first-order valence-corrected chi connectivity index (χ1v) is 10.3. The van der Waals surface area contributed by atoms with Crippen molar-refractivity contribution in [3.8, 4) is 0 Å². The highest BCUT2D eigenvalue weighted by Crippen LogP contribution is 2.21. The SMILES string of the molecule is Cc1cccc(N2CCN(c3nccc(C(=O)N4CCC(C)CC4)n3)CC2)c1. The van der Waals surface area contributed by atoms with Crippen molar-refractivity contribution in [3.05, 3.63) is 47.8 Å². The number of hydrogen-bond acceptors (Lipinski definition) is 5. The Hall–Kier alpha value is -2.63. The Kier molecular flexibility index (Phi) is 5.46. The fourth-order valence-corrected chi connectivity index (χ4v) is 3.98. The van der Waals surface area contributed by atoms with Crippen molar-refractivity contribution in [3.63, 3.8) is 0 Å². The van der Waals surface area contributed by atoms with Gasteiger partial charge in [-0.25, -0.2) is 9.97 Å². The molecule has 0 aliphatic carbocycles. The molecule has 0 spiro atoms. The van der Waals surface area contributed by atoms with Gasteiger partial charge in [0, 0.05) is 51.2 Å². The number of likely N-dealkylation sites (tertiary alicyclic amines) is 1. The lowest BCUT2D eigenvalue weighted by Gasteiger charge is -2.36. The predicted octanol–water partition coefficient (Wildman–Crippen LogP) is 2.98. The van der Waals surface area contributed by atoms with E-state index in [0.29, 0.717) is 17.6 Å². The van der Waals surface area contributed by atoms with Crippen LogP contribution in [0.15, 0.2) is 36.5 Å². The summed E-state index contributed by atoms with van der Waals surface area (Å²) < 4.78 is 0. The molecule has 2 aliphatic heterocycles. The Morgan fingerprint density at radius 3 is 2.43 bits per heavy atom. The molecular formula is C22H29N5O. The summed E-state index contributed by atoms with van der Waals surface area (Å²) in [6.45, 7) is 9.59. The minimum absolute atomic E-state index is 0.0361. The smallest absolute Gasteiger partial charge is 0.272 e. The van der Waals surface area contributed by atoms with E-state index in [2.05, 4.69) is 57.9 Å². The van der Waals surface area contributed by atoms with Crippen LogP contribution in [-0.4, -0.2) is 60.0 Å². The maximum atomic E-state index is 12.8. The zero-order valence-corrected chi connectivity index (χ0v) is 16.8. The van der Waals surface area contributed by atoms with Crippen molar-refractivity contribution in [2.24, 2.45) is 5.92 Å². The number of amides is 1. The number of anilines is 2. The maximum absolute atomic E-state index is 12.8. The van der Waals surface area contributed by atoms with Gasteiger partial charge in [0.1, 0.15) is 5.69 Å². The molecule has 3 heterocycles. The molecule has 0 unspecified atom stereocenters. The first-order valence-electron chi connectivity index (χ1n) is 10.3. The van der Waals surface area contributed by atoms with Crippen LogP contribution in [0.5, 0.6) is 0 Å². The molecule has 2 saturated heterocycles. The van der Waals surface area contributed by atoms with Gasteiger partial charge in [0.15, 0.2) is 0 Å². The molecule has 0 bridgehead atoms. The van der Waals surface area contributed by atoms with Gasteiger partial charge >= 0.3 is 0 Å². The van der Waals surface area contributed by atoms with E-state index in [9.17, 15) is 4.79 Å². The van der Waals surface area contributed by atoms with Gasteiger partial charge in [-0.15, -0.1) is 0 Å². The fraction of sp³-hybridized carbons (Fsp3) is 0.500. The second-order valence-corrected chi connectivity index (χ2v) is 8.03. The van der Waals surface area contributed by atoms with Crippen molar-refractivity contribution >= 4 is 17.5 Å². The second kappa shape index (κ2) is 8.17. The Balaban J connectivity index is 1.40. The number of aryl methyl sites for hydroxylation is 1. The summed E-state index contributed by atoms with van der Waals surface area (Å²) >= 11 is 0. The van der Waals surface area contributed by atoms with Gasteiger partial charge < -0.3 is 14.7 Å². The molecule has 6 nitrogen and oxygen atoms in total. The monoisotopic (exact) mass is 379 g/mol. The summed E-state index contributed by atoms with van der Waals surface area (Å²) in [5, 5.41) is 0. The van der Waals surface area contributed by atoms with E-state index in [1.807, 2.05) is 4.90 Å². The first-order chi connectivity index (χ1) is 13.6. The number of nitrogens with zero attached hydrogens (tertiary/aromatic N) is 5. The lowest BCUT2D eigenvalue weighted by molar-refractivity contribution is 0.0691. The van der Waals surface area contributed by atoms with Crippen LogP contribution in [0.4, 0.5) is 11.6 Å². The van der Waals surface area contributed by atoms with Crippen LogP contribution < -0.4 is 9.80 Å². The largest absolute Gasteiger partial charge is 0.368 e. The average Bonchev–Trinajstić information content (AvgIpc) is 2.74. The van der Waals surface area contributed by atoms with Gasteiger partial charge in [0.05, 0.1) is 0 Å². The molecule has 148 valence electrons. The molecule has 2 aliphatic rings. The van der Waals surface area contributed by atoms with E-state index in [1.165, 1.54) is 11.3 Å². The summed E-state index contributed by atoms with van der Waals surface area (Å²) in [6.07, 6.45) is 3.87. The van der Waals surface area contributed by atoms with Crippen LogP contribution >= 0.6 is 0 Å². The number of benzene rings is 1. The molecule has 4 rings (SSSR count). The van der Waals surface area contributed by atoms with Gasteiger partial charge in [-0.2, -0.15) is 0 Å². The maximum Gasteiger partial charge on any atom is 0.272 e. The zero-order valence-electron chi connectivity index (χ0n) is 16.8. The topological polar surface area (TPSA) is 52.6 Å². The molecule has 0 N–H and O–H groups in total. The second-order valence-electron chi connectivity index (χ2n) is 8.03. The number of piperazine rings is 1. The predicted molar refractivity (Wildman–Crippen MR) is 112 cm³/mol. The summed E-state index contributed by atoms with van der Waals surface area (Å²) in [6, 6.07) is 10.4. The molecule has 2 fully saturated rings. The molecule has 2 aromatic rings. The minimum Gasteiger partial charge on any atom is -0.368 e. The lowest BCUT2D eigenvalue weighted by Crippen LogP contribution is -2.47. The van der Waals surface area contributed by atoms with Crippen molar-refractivity contribution in [2.45, 2.75) is 26.7 Å². The molecule has 0 atom stereocenters. The van der Waals surface area contributed by atoms with Crippen LogP contribution in [0.1, 0.15) is 35.8 Å². The summed E-state index contributed by atoms with van der Waals surface area (Å²) in [5.74, 6) is 1.41. The van der Waals surface area contributed by atoms with E-state index in [4.69, 9.17) is 0 Å². The highest BCUT2D eigenvalue weighted by atomic mass is 16.2. The van der Waals surface area contributed by atoms with E-state index in [-0.39, 0.29) is 5.91 Å². The summed E-state index contributed by atoms with van der Waals surface area (Å²) in [4.78, 5) is 28.4. The number of carbonyl (C=O) groups is 1. The Morgan fingerprint density at radius 2 is 1.71 bits per heavy atom. The summed E-state index contributed by atoms with van der Waals surface area (Å²) in [7, 11) is 0. The normalized spacial score (nSPS) is 18.4. The molecule has 6 heteroatoms. The highest BCUT2D eigenvalue weighted by molar-refractivity contribution is 5.92. The summed E-state index contributed by atoms with van der Waals surface area (Å²) in [5.41, 5.74) is 3.06. The van der Waals surface area contributed by atoms with Gasteiger partial charge in [-0.3, -0.25) is 4.79 Å². The van der Waals surface area contributed by atoms with Gasteiger partial charge in [-0.1, -0.05) is 19.1 Å². The van der Waals surface area contributed by atoms with E-state index >= 15 is 0 Å². The van der Waals surface area contributed by atoms with E-state index < -0.39 is 0 Å². The third-order valence-electron chi connectivity index (χ3n) is 5.86. The van der Waals surface area contributed by atoms with Crippen LogP contribution in [-0.2, 0) is 0 Å². The van der Waals surface area contributed by atoms with Crippen molar-refractivity contribution in [2.75, 3.05) is 49.1 Å². The van der Waals surface area contributed by atoms with Crippen LogP contribution in [0.2, 0.25) is 0 Å². The van der Waals surface area contributed by atoms with Crippen molar-refractivity contribution < 1.29 is 4.79 Å². The molecule has 0 saturated carbocycles. The van der Waals surface area contributed by atoms with Crippen molar-refractivity contribution in [1.29, 1.82) is 0 Å². The molecule has 1 aromatic carbocycles. The third kappa shape index (κ3) is 4.11. The van der Waals surface area contributed by atoms with Crippen molar-refractivity contribution in [1.82, 2.24) is 14.9 Å². The molecule has 0 radical (unpaired) electrons. The molecule has 1 aromatic heterocycles. The lowest BCUT2D eigenvalue weighted by atomic mass is 9.99. The van der Waals surface area contributed by atoms with Gasteiger partial charge in [0.25, 0.3) is 5.91 Å². The molecular weight excluding hydrogens is 350 g/mol. The number of aromatic nitrogens is 2. The quantitative estimate of drug-likeness (QED) is 0.821. The Labute approximate surface area is 167 Å². The standard InChI is InChI=1S/C22H29N5O/c1-17-7-10-26(11-8-17)21(28)20-6-9-23-22(24-20)27-14-12-25(13-15-27)19-5-3-4-18(2)16-19/h3-6,9,16-17H,7-8,10-15H2,1-2H3. The number of piperidine rings is 1. The van der Waals surface area contributed by atoms with Crippen LogP contribution in [0.25, 0.3) is 0 Å². The van der Waals surface area contributed by atoms with Crippen LogP contribution in [0.3, 0.4) is 0 Å². The molecule has 1 amide bonds. The third-order valence-corrected chi connectivity index (χ3v) is 5.86. The van der Waals surface area contributed by atoms with E-state index in [0.717, 1.165) is 52.1 Å². The Morgan fingerprint density at radius 1 is 1.00 bits per heavy atom. The van der Waals surface area contributed by atoms with Gasteiger partial charge in [-0.05, 0) is 49.4 Å². The number of carbonyl (C=O) groups excluding carboxylic acids is 1. The number of rotatable bonds is 3. The van der Waals surface area contributed by atoms with Gasteiger partial charge in [0.2, 0.25) is 5.95 Å². The average molecular weight is 380 g/mol. The Bertz CT molecular complexity index is 823. The minimum atomic E-state index is 0.0361. The fourth-order valence-electron chi connectivity index (χ4n) is 3.98.